The summed E-state index contributed by atoms with van der Waals surface area (Å²) in [5, 5.41) is 13.9. The molecule has 0 saturated heterocycles. The lowest BCUT2D eigenvalue weighted by atomic mass is 9.99. The number of carbonyl (C=O) groups excluding carboxylic acids is 1. The zero-order valence-corrected chi connectivity index (χ0v) is 12.5. The van der Waals surface area contributed by atoms with Gasteiger partial charge >= 0.3 is 5.97 Å². The molecule has 0 fully saturated rings. The third-order valence-electron chi connectivity index (χ3n) is 3.25. The minimum absolute atomic E-state index is 0.125. The Bertz CT molecular complexity index is 621. The van der Waals surface area contributed by atoms with Crippen molar-refractivity contribution in [3.05, 3.63) is 57.8 Å². The number of carboxylic acid groups (broad SMARTS) is 1. The van der Waals surface area contributed by atoms with Crippen LogP contribution in [-0.4, -0.2) is 23.5 Å². The monoisotopic (exact) mass is 303 g/mol. The first-order chi connectivity index (χ1) is 10.1. The Hall–Kier alpha value is -2.14. The number of benzene rings is 1. The molecule has 1 atom stereocenters. The van der Waals surface area contributed by atoms with Crippen molar-refractivity contribution < 1.29 is 14.7 Å². The number of thiophene rings is 1. The van der Waals surface area contributed by atoms with Crippen LogP contribution in [0.25, 0.3) is 0 Å². The highest BCUT2D eigenvalue weighted by Gasteiger charge is 2.20. The van der Waals surface area contributed by atoms with Gasteiger partial charge in [0.15, 0.2) is 0 Å². The Balaban J connectivity index is 1.96. The van der Waals surface area contributed by atoms with Crippen molar-refractivity contribution in [3.63, 3.8) is 0 Å². The highest BCUT2D eigenvalue weighted by Crippen LogP contribution is 2.15. The van der Waals surface area contributed by atoms with Crippen molar-refractivity contribution >= 4 is 23.2 Å². The molecule has 0 aliphatic carbocycles. The first kappa shape index (κ1) is 15.3. The molecular weight excluding hydrogens is 286 g/mol. The Labute approximate surface area is 127 Å². The summed E-state index contributed by atoms with van der Waals surface area (Å²) < 4.78 is 0. The van der Waals surface area contributed by atoms with Crippen molar-refractivity contribution in [3.8, 4) is 0 Å². The smallest absolute Gasteiger partial charge is 0.308 e. The number of nitrogens with one attached hydrogen (secondary N) is 1. The molecule has 1 aromatic heterocycles. The second-order valence-corrected chi connectivity index (χ2v) is 5.78. The maximum absolute atomic E-state index is 12.0. The van der Waals surface area contributed by atoms with Crippen molar-refractivity contribution in [2.75, 3.05) is 6.54 Å². The van der Waals surface area contributed by atoms with Crippen LogP contribution in [0.2, 0.25) is 0 Å². The summed E-state index contributed by atoms with van der Waals surface area (Å²) in [6.07, 6.45) is 0.403. The minimum atomic E-state index is -0.901. The average Bonchev–Trinajstić information content (AvgIpc) is 2.90. The largest absolute Gasteiger partial charge is 0.481 e. The van der Waals surface area contributed by atoms with E-state index in [1.54, 1.807) is 0 Å². The quantitative estimate of drug-likeness (QED) is 0.862. The second-order valence-electron chi connectivity index (χ2n) is 4.87. The van der Waals surface area contributed by atoms with Gasteiger partial charge in [-0.3, -0.25) is 9.59 Å². The highest BCUT2D eigenvalue weighted by molar-refractivity contribution is 7.12. The van der Waals surface area contributed by atoms with Gasteiger partial charge in [0, 0.05) is 6.54 Å². The number of aryl methyl sites for hydroxylation is 1. The normalized spacial score (nSPS) is 11.9. The van der Waals surface area contributed by atoms with Gasteiger partial charge in [0.1, 0.15) is 0 Å². The SMILES string of the molecule is Cc1ccsc1C(=O)NC[C@@H](Cc1ccccc1)C(=O)O. The molecule has 0 spiro atoms. The molecule has 2 rings (SSSR count). The van der Waals surface area contributed by atoms with Gasteiger partial charge in [0.25, 0.3) is 5.91 Å². The average molecular weight is 303 g/mol. The molecule has 1 amide bonds. The zero-order valence-electron chi connectivity index (χ0n) is 11.7. The summed E-state index contributed by atoms with van der Waals surface area (Å²) in [4.78, 5) is 24.0. The summed E-state index contributed by atoms with van der Waals surface area (Å²) >= 11 is 1.36. The molecule has 2 N–H and O–H groups in total. The number of hydrogen-bond acceptors (Lipinski definition) is 3. The highest BCUT2D eigenvalue weighted by atomic mass is 32.1. The van der Waals surface area contributed by atoms with Gasteiger partial charge in [0.05, 0.1) is 10.8 Å². The Morgan fingerprint density at radius 2 is 1.95 bits per heavy atom. The van der Waals surface area contributed by atoms with Gasteiger partial charge in [0.2, 0.25) is 0 Å². The maximum atomic E-state index is 12.0. The molecule has 0 aliphatic rings. The van der Waals surface area contributed by atoms with Crippen LogP contribution < -0.4 is 5.32 Å². The van der Waals surface area contributed by atoms with E-state index in [-0.39, 0.29) is 12.5 Å². The molecule has 2 aromatic rings. The molecule has 110 valence electrons. The lowest BCUT2D eigenvalue weighted by Crippen LogP contribution is -2.34. The van der Waals surface area contributed by atoms with Crippen LogP contribution in [-0.2, 0) is 11.2 Å². The Kier molecular flexibility index (Phi) is 5.11. The lowest BCUT2D eigenvalue weighted by Gasteiger charge is -2.13. The predicted octanol–water partition coefficient (Wildman–Crippen LogP) is 2.73. The first-order valence-electron chi connectivity index (χ1n) is 6.67. The van der Waals surface area contributed by atoms with Crippen molar-refractivity contribution in [2.24, 2.45) is 5.92 Å². The molecule has 1 aromatic carbocycles. The molecular formula is C16H17NO3S. The summed E-state index contributed by atoms with van der Waals surface area (Å²) in [6, 6.07) is 11.3. The zero-order chi connectivity index (χ0) is 15.2. The lowest BCUT2D eigenvalue weighted by molar-refractivity contribution is -0.141. The van der Waals surface area contributed by atoms with Crippen LogP contribution in [0.4, 0.5) is 0 Å². The van der Waals surface area contributed by atoms with E-state index >= 15 is 0 Å². The summed E-state index contributed by atoms with van der Waals surface area (Å²) in [6.45, 7) is 1.99. The molecule has 0 unspecified atom stereocenters. The van der Waals surface area contributed by atoms with Gasteiger partial charge in [-0.05, 0) is 35.9 Å². The molecule has 0 radical (unpaired) electrons. The van der Waals surface area contributed by atoms with Gasteiger partial charge in [-0.15, -0.1) is 11.3 Å². The molecule has 0 aliphatic heterocycles. The van der Waals surface area contributed by atoms with Gasteiger partial charge in [-0.25, -0.2) is 0 Å². The third kappa shape index (κ3) is 4.16. The molecule has 4 nitrogen and oxygen atoms in total. The topological polar surface area (TPSA) is 66.4 Å². The molecule has 5 heteroatoms. The maximum Gasteiger partial charge on any atom is 0.308 e. The van der Waals surface area contributed by atoms with Crippen LogP contribution in [0.1, 0.15) is 20.8 Å². The van der Waals surface area contributed by atoms with Crippen molar-refractivity contribution in [1.82, 2.24) is 5.32 Å². The standard InChI is InChI=1S/C16H17NO3S/c1-11-7-8-21-14(11)15(18)17-10-13(16(19)20)9-12-5-3-2-4-6-12/h2-8,13H,9-10H2,1H3,(H,17,18)(H,19,20)/t13-/m1/s1. The van der Waals surface area contributed by atoms with E-state index in [0.29, 0.717) is 11.3 Å². The Morgan fingerprint density at radius 1 is 1.24 bits per heavy atom. The predicted molar refractivity (Wildman–Crippen MR) is 82.7 cm³/mol. The number of rotatable bonds is 6. The number of carbonyl (C=O) groups is 2. The summed E-state index contributed by atoms with van der Waals surface area (Å²) in [5.41, 5.74) is 1.86. The molecule has 0 saturated carbocycles. The van der Waals surface area contributed by atoms with Gasteiger partial charge in [-0.2, -0.15) is 0 Å². The van der Waals surface area contributed by atoms with E-state index in [9.17, 15) is 14.7 Å². The van der Waals surface area contributed by atoms with Crippen LogP contribution in [0, 0.1) is 12.8 Å². The number of amides is 1. The summed E-state index contributed by atoms with van der Waals surface area (Å²) in [5.74, 6) is -1.74. The van der Waals surface area contributed by atoms with Crippen LogP contribution in [0.5, 0.6) is 0 Å². The van der Waals surface area contributed by atoms with Gasteiger partial charge in [-0.1, -0.05) is 30.3 Å². The molecule has 21 heavy (non-hydrogen) atoms. The van der Waals surface area contributed by atoms with Gasteiger partial charge < -0.3 is 10.4 Å². The van der Waals surface area contributed by atoms with E-state index in [4.69, 9.17) is 0 Å². The van der Waals surface area contributed by atoms with Crippen molar-refractivity contribution in [1.29, 1.82) is 0 Å². The van der Waals surface area contributed by atoms with E-state index in [0.717, 1.165) is 11.1 Å². The van der Waals surface area contributed by atoms with Crippen LogP contribution >= 0.6 is 11.3 Å². The van der Waals surface area contributed by atoms with Crippen LogP contribution in [0.3, 0.4) is 0 Å². The number of hydrogen-bond donors (Lipinski definition) is 2. The fourth-order valence-electron chi connectivity index (χ4n) is 2.05. The second kappa shape index (κ2) is 7.04. The molecule has 0 bridgehead atoms. The van der Waals surface area contributed by atoms with Crippen molar-refractivity contribution in [2.45, 2.75) is 13.3 Å². The fourth-order valence-corrected chi connectivity index (χ4v) is 2.89. The van der Waals surface area contributed by atoms with E-state index < -0.39 is 11.9 Å². The third-order valence-corrected chi connectivity index (χ3v) is 4.27. The van der Waals surface area contributed by atoms with E-state index in [2.05, 4.69) is 5.32 Å². The van der Waals surface area contributed by atoms with Crippen LogP contribution in [0.15, 0.2) is 41.8 Å². The molecule has 1 heterocycles. The fraction of sp³-hybridized carbons (Fsp3) is 0.250. The number of carboxylic acids is 1. The Morgan fingerprint density at radius 3 is 2.52 bits per heavy atom. The van der Waals surface area contributed by atoms with E-state index in [1.165, 1.54) is 11.3 Å². The minimum Gasteiger partial charge on any atom is -0.481 e. The van der Waals surface area contributed by atoms with E-state index in [1.807, 2.05) is 48.7 Å². The first-order valence-corrected chi connectivity index (χ1v) is 7.55. The summed E-state index contributed by atoms with van der Waals surface area (Å²) in [7, 11) is 0. The number of aliphatic carboxylic acids is 1.